The van der Waals surface area contributed by atoms with Crippen LogP contribution in [0, 0.1) is 5.92 Å². The Balaban J connectivity index is 0. The van der Waals surface area contributed by atoms with Crippen LogP contribution in [0.3, 0.4) is 0 Å². The average Bonchev–Trinajstić information content (AvgIpc) is 2.82. The third-order valence-corrected chi connectivity index (χ3v) is 6.31. The summed E-state index contributed by atoms with van der Waals surface area (Å²) in [4.78, 5) is 41.6. The molecule has 0 aliphatic carbocycles. The SMILES string of the molecule is CCCCCCCCCCCCCCCCC(CC(O)CO)C(=O)O.O=C(O)CC(O)(CC(=O)O)C(=O)O. The smallest absolute Gasteiger partial charge is 0.336 e. The number of hydrogen-bond donors (Lipinski definition) is 7. The molecule has 0 amide bonds. The zero-order valence-corrected chi connectivity index (χ0v) is 22.9. The van der Waals surface area contributed by atoms with Gasteiger partial charge in [-0.3, -0.25) is 14.4 Å². The summed E-state index contributed by atoms with van der Waals surface area (Å²) in [6.07, 6.45) is 15.6. The number of unbranched alkanes of at least 4 members (excludes halogenated alkanes) is 13. The van der Waals surface area contributed by atoms with Crippen LogP contribution in [0.2, 0.25) is 0 Å². The summed E-state index contributed by atoms with van der Waals surface area (Å²) in [5, 5.41) is 61.1. The number of aliphatic carboxylic acids is 4. The van der Waals surface area contributed by atoms with E-state index < -0.39 is 54.3 Å². The van der Waals surface area contributed by atoms with Crippen molar-refractivity contribution in [3.8, 4) is 0 Å². The molecular weight excluding hydrogens is 500 g/mol. The lowest BCUT2D eigenvalue weighted by molar-refractivity contribution is -0.170. The van der Waals surface area contributed by atoms with Crippen LogP contribution in [0.5, 0.6) is 0 Å². The number of carboxylic acid groups (broad SMARTS) is 4. The van der Waals surface area contributed by atoms with Crippen molar-refractivity contribution in [1.82, 2.24) is 0 Å². The van der Waals surface area contributed by atoms with Gasteiger partial charge in [-0.2, -0.15) is 0 Å². The van der Waals surface area contributed by atoms with E-state index in [9.17, 15) is 24.3 Å². The maximum atomic E-state index is 11.1. The summed E-state index contributed by atoms with van der Waals surface area (Å²) in [7, 11) is 0. The van der Waals surface area contributed by atoms with Crippen LogP contribution >= 0.6 is 0 Å². The Hall–Kier alpha value is -2.24. The number of carbonyl (C=O) groups is 4. The van der Waals surface area contributed by atoms with E-state index in [1.54, 1.807) is 0 Å². The lowest BCUT2D eigenvalue weighted by Crippen LogP contribution is -2.42. The number of rotatable bonds is 24. The second-order valence-electron chi connectivity index (χ2n) is 9.97. The van der Waals surface area contributed by atoms with E-state index in [0.717, 1.165) is 12.8 Å². The topological polar surface area (TPSA) is 210 Å². The Morgan fingerprint density at radius 2 is 1.03 bits per heavy atom. The van der Waals surface area contributed by atoms with E-state index in [4.69, 9.17) is 30.6 Å². The zero-order chi connectivity index (χ0) is 29.4. The summed E-state index contributed by atoms with van der Waals surface area (Å²) in [5.41, 5.74) is -2.74. The maximum Gasteiger partial charge on any atom is 0.336 e. The molecule has 0 saturated heterocycles. The van der Waals surface area contributed by atoms with Gasteiger partial charge in [0.25, 0.3) is 0 Å². The lowest BCUT2D eigenvalue weighted by atomic mass is 9.94. The van der Waals surface area contributed by atoms with Crippen LogP contribution in [0.4, 0.5) is 0 Å². The fraction of sp³-hybridized carbons (Fsp3) is 0.852. The highest BCUT2D eigenvalue weighted by molar-refractivity contribution is 5.88. The lowest BCUT2D eigenvalue weighted by Gasteiger charge is -2.18. The normalized spacial score (nSPS) is 12.7. The Kier molecular flexibility index (Phi) is 23.8. The van der Waals surface area contributed by atoms with Crippen molar-refractivity contribution < 1.29 is 54.9 Å². The van der Waals surface area contributed by atoms with Gasteiger partial charge in [0.2, 0.25) is 0 Å². The second-order valence-corrected chi connectivity index (χ2v) is 9.97. The molecule has 2 atom stereocenters. The Morgan fingerprint density at radius 1 is 0.658 bits per heavy atom. The van der Waals surface area contributed by atoms with Crippen molar-refractivity contribution in [1.29, 1.82) is 0 Å². The molecule has 11 nitrogen and oxygen atoms in total. The molecule has 0 aromatic heterocycles. The molecule has 0 bridgehead atoms. The Morgan fingerprint density at radius 3 is 1.32 bits per heavy atom. The minimum atomic E-state index is -2.74. The predicted octanol–water partition coefficient (Wildman–Crippen LogP) is 4.05. The molecule has 0 aliphatic rings. The minimum Gasteiger partial charge on any atom is -0.481 e. The van der Waals surface area contributed by atoms with Gasteiger partial charge in [0, 0.05) is 0 Å². The van der Waals surface area contributed by atoms with Crippen LogP contribution in [-0.2, 0) is 19.2 Å². The van der Waals surface area contributed by atoms with E-state index in [-0.39, 0.29) is 13.0 Å². The van der Waals surface area contributed by atoms with Gasteiger partial charge >= 0.3 is 23.9 Å². The molecule has 0 fully saturated rings. The van der Waals surface area contributed by atoms with Crippen molar-refractivity contribution >= 4 is 23.9 Å². The molecule has 38 heavy (non-hydrogen) atoms. The fourth-order valence-corrected chi connectivity index (χ4v) is 4.04. The van der Waals surface area contributed by atoms with Crippen molar-refractivity contribution in [3.63, 3.8) is 0 Å². The van der Waals surface area contributed by atoms with Gasteiger partial charge in [0.15, 0.2) is 5.60 Å². The van der Waals surface area contributed by atoms with Gasteiger partial charge < -0.3 is 35.7 Å². The van der Waals surface area contributed by atoms with Gasteiger partial charge in [-0.05, 0) is 12.8 Å². The Labute approximate surface area is 225 Å². The molecule has 11 heteroatoms. The summed E-state index contributed by atoms with van der Waals surface area (Å²) in [6.45, 7) is 1.90. The van der Waals surface area contributed by atoms with E-state index in [0.29, 0.717) is 6.42 Å². The molecule has 0 radical (unpaired) electrons. The first kappa shape index (κ1) is 37.9. The van der Waals surface area contributed by atoms with Crippen LogP contribution < -0.4 is 0 Å². The van der Waals surface area contributed by atoms with Crippen molar-refractivity contribution in [2.24, 2.45) is 5.92 Å². The van der Waals surface area contributed by atoms with Gasteiger partial charge in [-0.1, -0.05) is 96.8 Å². The molecular formula is C27H50O11. The monoisotopic (exact) mass is 550 g/mol. The van der Waals surface area contributed by atoms with Gasteiger partial charge in [0.05, 0.1) is 31.5 Å². The highest BCUT2D eigenvalue weighted by Crippen LogP contribution is 2.18. The first-order valence-corrected chi connectivity index (χ1v) is 13.8. The first-order valence-electron chi connectivity index (χ1n) is 13.8. The summed E-state index contributed by atoms with van der Waals surface area (Å²) in [5.74, 6) is -6.41. The average molecular weight is 551 g/mol. The van der Waals surface area contributed by atoms with E-state index in [1.807, 2.05) is 0 Å². The molecule has 2 unspecified atom stereocenters. The van der Waals surface area contributed by atoms with E-state index >= 15 is 0 Å². The summed E-state index contributed by atoms with van der Waals surface area (Å²) >= 11 is 0. The van der Waals surface area contributed by atoms with Gasteiger partial charge in [-0.25, -0.2) is 4.79 Å². The summed E-state index contributed by atoms with van der Waals surface area (Å²) < 4.78 is 0. The van der Waals surface area contributed by atoms with Crippen molar-refractivity contribution in [2.45, 2.75) is 134 Å². The molecule has 224 valence electrons. The zero-order valence-electron chi connectivity index (χ0n) is 22.9. The molecule has 0 rings (SSSR count). The summed E-state index contributed by atoms with van der Waals surface area (Å²) in [6, 6.07) is 0. The van der Waals surface area contributed by atoms with Crippen LogP contribution in [0.15, 0.2) is 0 Å². The van der Waals surface area contributed by atoms with Crippen LogP contribution in [0.25, 0.3) is 0 Å². The molecule has 0 aliphatic heterocycles. The fourth-order valence-electron chi connectivity index (χ4n) is 4.04. The number of aliphatic hydroxyl groups is 3. The molecule has 0 spiro atoms. The third kappa shape index (κ3) is 22.9. The highest BCUT2D eigenvalue weighted by atomic mass is 16.4. The molecule has 0 saturated carbocycles. The second kappa shape index (κ2) is 23.8. The quantitative estimate of drug-likeness (QED) is 0.0852. The van der Waals surface area contributed by atoms with E-state index in [2.05, 4.69) is 6.92 Å². The van der Waals surface area contributed by atoms with Crippen LogP contribution in [-0.4, -0.2) is 77.9 Å². The predicted molar refractivity (Wildman–Crippen MR) is 141 cm³/mol. The highest BCUT2D eigenvalue weighted by Gasteiger charge is 2.40. The third-order valence-electron chi connectivity index (χ3n) is 6.31. The maximum absolute atomic E-state index is 11.1. The standard InChI is InChI=1S/C21H42O4.C6H8O7/c1-2-3-4-5-6-7-8-9-10-11-12-13-14-15-16-19(21(24)25)17-20(23)18-22;7-3(8)1-6(13,5(11)12)2-4(9)10/h19-20,22-23H,2-18H2,1H3,(H,24,25);13H,1-2H2,(H,7,8)(H,9,10)(H,11,12). The number of aliphatic hydroxyl groups excluding tert-OH is 2. The molecule has 0 aromatic rings. The van der Waals surface area contributed by atoms with Gasteiger partial charge in [0.1, 0.15) is 0 Å². The largest absolute Gasteiger partial charge is 0.481 e. The van der Waals surface area contributed by atoms with Crippen molar-refractivity contribution in [3.05, 3.63) is 0 Å². The molecule has 0 aromatic carbocycles. The van der Waals surface area contributed by atoms with Gasteiger partial charge in [-0.15, -0.1) is 0 Å². The van der Waals surface area contributed by atoms with Crippen molar-refractivity contribution in [2.75, 3.05) is 6.61 Å². The number of carboxylic acids is 4. The molecule has 0 heterocycles. The minimum absolute atomic E-state index is 0.157. The van der Waals surface area contributed by atoms with E-state index in [1.165, 1.54) is 77.0 Å². The number of hydrogen-bond acceptors (Lipinski definition) is 7. The first-order chi connectivity index (χ1) is 17.9. The molecule has 7 N–H and O–H groups in total. The van der Waals surface area contributed by atoms with Crippen LogP contribution in [0.1, 0.15) is 122 Å². The Bertz CT molecular complexity index is 635.